The largest absolute Gasteiger partial charge is 0.459 e. The lowest BCUT2D eigenvalue weighted by atomic mass is 9.77. The SMILES string of the molecule is CN1c2ccc(Br)cc2C(C)(C)C12C=Nc1c(cc(N3CCCCC3)c3ccccc13)O2. The normalized spacial score (nSPS) is 23.4. The molecule has 3 aliphatic rings. The van der Waals surface area contributed by atoms with Gasteiger partial charge < -0.3 is 14.5 Å². The van der Waals surface area contributed by atoms with Crippen LogP contribution in [0.15, 0.2) is 58.0 Å². The minimum atomic E-state index is -0.676. The maximum Gasteiger partial charge on any atom is 0.228 e. The van der Waals surface area contributed by atoms with Crippen LogP contribution in [0.4, 0.5) is 17.1 Å². The van der Waals surface area contributed by atoms with E-state index in [9.17, 15) is 0 Å². The van der Waals surface area contributed by atoms with E-state index in [1.54, 1.807) is 0 Å². The van der Waals surface area contributed by atoms with E-state index in [0.717, 1.165) is 34.4 Å². The summed E-state index contributed by atoms with van der Waals surface area (Å²) in [6.45, 7) is 6.71. The van der Waals surface area contributed by atoms with E-state index in [1.807, 2.05) is 6.21 Å². The van der Waals surface area contributed by atoms with Crippen molar-refractivity contribution in [2.24, 2.45) is 4.99 Å². The maximum atomic E-state index is 7.00. The van der Waals surface area contributed by atoms with Crippen molar-refractivity contribution >= 4 is 50.0 Å². The fourth-order valence-electron chi connectivity index (χ4n) is 5.81. The van der Waals surface area contributed by atoms with Crippen LogP contribution in [0.1, 0.15) is 38.7 Å². The molecule has 0 N–H and O–H groups in total. The molecule has 0 aromatic heterocycles. The van der Waals surface area contributed by atoms with Crippen molar-refractivity contribution in [2.75, 3.05) is 29.9 Å². The Labute approximate surface area is 198 Å². The topological polar surface area (TPSA) is 28.1 Å². The van der Waals surface area contributed by atoms with E-state index in [4.69, 9.17) is 9.73 Å². The van der Waals surface area contributed by atoms with Gasteiger partial charge in [-0.1, -0.05) is 40.2 Å². The summed E-state index contributed by atoms with van der Waals surface area (Å²) in [5.41, 5.74) is 3.70. The molecule has 3 aromatic carbocycles. The summed E-state index contributed by atoms with van der Waals surface area (Å²) in [4.78, 5) is 9.84. The molecule has 4 nitrogen and oxygen atoms in total. The van der Waals surface area contributed by atoms with Gasteiger partial charge in [-0.2, -0.15) is 0 Å². The summed E-state index contributed by atoms with van der Waals surface area (Å²) in [5, 5.41) is 2.42. The molecular formula is C27H28BrN3O. The molecule has 3 aliphatic heterocycles. The van der Waals surface area contributed by atoms with Gasteiger partial charge >= 0.3 is 0 Å². The molecule has 1 spiro atoms. The van der Waals surface area contributed by atoms with E-state index in [1.165, 1.54) is 41.6 Å². The predicted octanol–water partition coefficient (Wildman–Crippen LogP) is 6.81. The lowest BCUT2D eigenvalue weighted by Crippen LogP contribution is -2.61. The van der Waals surface area contributed by atoms with Gasteiger partial charge in [-0.25, -0.2) is 0 Å². The van der Waals surface area contributed by atoms with Crippen LogP contribution < -0.4 is 14.5 Å². The van der Waals surface area contributed by atoms with E-state index in [0.29, 0.717) is 0 Å². The molecule has 0 aliphatic carbocycles. The number of benzene rings is 3. The first-order valence-electron chi connectivity index (χ1n) is 11.5. The summed E-state index contributed by atoms with van der Waals surface area (Å²) >= 11 is 3.66. The van der Waals surface area contributed by atoms with Crippen molar-refractivity contribution in [2.45, 2.75) is 44.2 Å². The average Bonchev–Trinajstić information content (AvgIpc) is 2.97. The number of hydrogen-bond acceptors (Lipinski definition) is 4. The van der Waals surface area contributed by atoms with Gasteiger partial charge in [0.15, 0.2) is 5.75 Å². The lowest BCUT2D eigenvalue weighted by molar-refractivity contribution is 0.0827. The summed E-state index contributed by atoms with van der Waals surface area (Å²) in [6.07, 6.45) is 5.83. The minimum Gasteiger partial charge on any atom is -0.459 e. The van der Waals surface area contributed by atoms with Crippen LogP contribution in [0.5, 0.6) is 5.75 Å². The summed E-state index contributed by atoms with van der Waals surface area (Å²) in [5.74, 6) is 0.874. The van der Waals surface area contributed by atoms with Crippen molar-refractivity contribution in [1.29, 1.82) is 0 Å². The van der Waals surface area contributed by atoms with Gasteiger partial charge in [-0.05, 0) is 56.9 Å². The first-order chi connectivity index (χ1) is 15.4. The fourth-order valence-corrected chi connectivity index (χ4v) is 6.17. The number of piperidine rings is 1. The Bertz CT molecular complexity index is 1260. The number of rotatable bonds is 1. The smallest absolute Gasteiger partial charge is 0.228 e. The number of aliphatic imine (C=N–C) groups is 1. The standard InChI is InChI=1S/C27H28BrN3O/c1-26(2)21-15-18(28)11-12-22(21)30(3)27(26)17-29-25-20-10-6-5-9-19(20)23(16-24(25)32-27)31-13-7-4-8-14-31/h5-6,9-12,15-17H,4,7-8,13-14H2,1-3H3. The Balaban J connectivity index is 1.53. The highest BCUT2D eigenvalue weighted by atomic mass is 79.9. The zero-order valence-corrected chi connectivity index (χ0v) is 20.4. The van der Waals surface area contributed by atoms with E-state index >= 15 is 0 Å². The molecule has 3 aromatic rings. The van der Waals surface area contributed by atoms with Gasteiger partial charge in [0, 0.05) is 52.8 Å². The van der Waals surface area contributed by atoms with Crippen LogP contribution in [0.25, 0.3) is 10.8 Å². The minimum absolute atomic E-state index is 0.279. The number of fused-ring (bicyclic) bond motifs is 4. The molecule has 3 heterocycles. The van der Waals surface area contributed by atoms with Gasteiger partial charge in [-0.3, -0.25) is 4.99 Å². The molecule has 1 fully saturated rings. The van der Waals surface area contributed by atoms with E-state index in [-0.39, 0.29) is 5.41 Å². The second-order valence-corrected chi connectivity index (χ2v) is 10.7. The second kappa shape index (κ2) is 6.98. The van der Waals surface area contributed by atoms with Crippen LogP contribution in [-0.4, -0.2) is 32.1 Å². The van der Waals surface area contributed by atoms with Crippen molar-refractivity contribution in [3.63, 3.8) is 0 Å². The van der Waals surface area contributed by atoms with Crippen molar-refractivity contribution in [1.82, 2.24) is 0 Å². The number of halogens is 1. The molecule has 0 saturated carbocycles. The fraction of sp³-hybridized carbons (Fsp3) is 0.370. The first kappa shape index (κ1) is 20.1. The third-order valence-corrected chi connectivity index (χ3v) is 8.17. The highest BCUT2D eigenvalue weighted by molar-refractivity contribution is 9.10. The predicted molar refractivity (Wildman–Crippen MR) is 137 cm³/mol. The molecule has 164 valence electrons. The molecule has 1 saturated heterocycles. The number of nitrogens with zero attached hydrogens (tertiary/aromatic N) is 3. The molecule has 32 heavy (non-hydrogen) atoms. The highest BCUT2D eigenvalue weighted by Gasteiger charge is 2.58. The van der Waals surface area contributed by atoms with Gasteiger partial charge in [0.25, 0.3) is 0 Å². The van der Waals surface area contributed by atoms with Crippen LogP contribution in [0.3, 0.4) is 0 Å². The van der Waals surface area contributed by atoms with Crippen LogP contribution >= 0.6 is 15.9 Å². The van der Waals surface area contributed by atoms with Crippen molar-refractivity contribution < 1.29 is 4.74 Å². The monoisotopic (exact) mass is 489 g/mol. The number of anilines is 2. The van der Waals surface area contributed by atoms with Crippen LogP contribution in [0, 0.1) is 0 Å². The van der Waals surface area contributed by atoms with Crippen molar-refractivity contribution in [3.8, 4) is 5.75 Å². The Morgan fingerprint density at radius 1 is 0.938 bits per heavy atom. The third kappa shape index (κ3) is 2.63. The molecule has 1 unspecified atom stereocenters. The summed E-state index contributed by atoms with van der Waals surface area (Å²) in [6, 6.07) is 17.3. The Morgan fingerprint density at radius 2 is 1.69 bits per heavy atom. The quantitative estimate of drug-likeness (QED) is 0.375. The second-order valence-electron chi connectivity index (χ2n) is 9.74. The van der Waals surface area contributed by atoms with Gasteiger partial charge in [0.2, 0.25) is 5.72 Å². The molecule has 5 heteroatoms. The Hall–Kier alpha value is -2.53. The average molecular weight is 490 g/mol. The van der Waals surface area contributed by atoms with Gasteiger partial charge in [0.05, 0.1) is 11.6 Å². The molecule has 0 radical (unpaired) electrons. The van der Waals surface area contributed by atoms with Crippen LogP contribution in [-0.2, 0) is 5.41 Å². The highest BCUT2D eigenvalue weighted by Crippen LogP contribution is 2.55. The number of likely N-dealkylation sites (N-methyl/N-ethyl adjacent to an activating group) is 1. The van der Waals surface area contributed by atoms with Crippen molar-refractivity contribution in [3.05, 3.63) is 58.6 Å². The van der Waals surface area contributed by atoms with Gasteiger partial charge in [-0.15, -0.1) is 0 Å². The van der Waals surface area contributed by atoms with Crippen LogP contribution in [0.2, 0.25) is 0 Å². The van der Waals surface area contributed by atoms with E-state index < -0.39 is 5.72 Å². The van der Waals surface area contributed by atoms with Gasteiger partial charge in [0.1, 0.15) is 5.69 Å². The summed E-state index contributed by atoms with van der Waals surface area (Å²) in [7, 11) is 2.12. The molecule has 0 amide bonds. The maximum absolute atomic E-state index is 7.00. The Morgan fingerprint density at radius 3 is 2.47 bits per heavy atom. The molecular weight excluding hydrogens is 462 g/mol. The third-order valence-electron chi connectivity index (χ3n) is 7.68. The first-order valence-corrected chi connectivity index (χ1v) is 12.3. The molecule has 0 bridgehead atoms. The summed E-state index contributed by atoms with van der Waals surface area (Å²) < 4.78 is 8.09. The number of hydrogen-bond donors (Lipinski definition) is 0. The zero-order chi connectivity index (χ0) is 22.1. The zero-order valence-electron chi connectivity index (χ0n) is 18.9. The Kier molecular flexibility index (Phi) is 4.39. The lowest BCUT2D eigenvalue weighted by Gasteiger charge is -2.45. The number of ether oxygens (including phenoxy) is 1. The molecule has 1 atom stereocenters. The van der Waals surface area contributed by atoms with E-state index in [2.05, 4.69) is 95.2 Å². The molecule has 6 rings (SSSR count).